The number of hydrogen-bond acceptors (Lipinski definition) is 2. The minimum absolute atomic E-state index is 0.0359. The van der Waals surface area contributed by atoms with E-state index in [2.05, 4.69) is 35.3 Å². The van der Waals surface area contributed by atoms with Gasteiger partial charge in [-0.25, -0.2) is 0 Å². The first-order chi connectivity index (χ1) is 11.1. The number of nitrogens with zero attached hydrogens (tertiary/aromatic N) is 2. The smallest absolute Gasteiger partial charge is 0.246 e. The molecular weight excluding hydrogens is 284 g/mol. The van der Waals surface area contributed by atoms with Crippen molar-refractivity contribution >= 4 is 22.8 Å². The Hall–Kier alpha value is -2.94. The number of rotatable bonds is 3. The summed E-state index contributed by atoms with van der Waals surface area (Å²) in [5.41, 5.74) is 3.08. The maximum absolute atomic E-state index is 11.8. The molecule has 3 aromatic rings. The maximum atomic E-state index is 11.8. The Labute approximate surface area is 135 Å². The highest BCUT2D eigenvalue weighted by Gasteiger charge is 2.05. The van der Waals surface area contributed by atoms with Gasteiger partial charge in [0.2, 0.25) is 5.91 Å². The number of benzene rings is 2. The molecule has 0 aliphatic heterocycles. The van der Waals surface area contributed by atoms with Crippen LogP contribution in [-0.2, 0) is 4.79 Å². The van der Waals surface area contributed by atoms with Crippen molar-refractivity contribution in [2.24, 2.45) is 0 Å². The van der Waals surface area contributed by atoms with Crippen molar-refractivity contribution in [3.63, 3.8) is 0 Å². The molecular formula is C20H18N2O. The van der Waals surface area contributed by atoms with Crippen LogP contribution in [-0.4, -0.2) is 29.9 Å². The van der Waals surface area contributed by atoms with Gasteiger partial charge in [-0.1, -0.05) is 36.4 Å². The molecule has 0 atom stereocenters. The van der Waals surface area contributed by atoms with Gasteiger partial charge in [0.15, 0.2) is 0 Å². The number of hydrogen-bond donors (Lipinski definition) is 0. The van der Waals surface area contributed by atoms with E-state index in [4.69, 9.17) is 0 Å². The summed E-state index contributed by atoms with van der Waals surface area (Å²) < 4.78 is 0. The van der Waals surface area contributed by atoms with Gasteiger partial charge in [0.1, 0.15) is 0 Å². The summed E-state index contributed by atoms with van der Waals surface area (Å²) in [5.74, 6) is -0.0359. The molecule has 1 amide bonds. The van der Waals surface area contributed by atoms with E-state index in [-0.39, 0.29) is 5.91 Å². The van der Waals surface area contributed by atoms with Crippen molar-refractivity contribution in [3.05, 3.63) is 72.6 Å². The van der Waals surface area contributed by atoms with Gasteiger partial charge in [-0.05, 0) is 40.1 Å². The SMILES string of the molecule is CN(C)C(=O)/C=C/c1ccncc1-c1ccc2ccccc2c1. The predicted molar refractivity (Wildman–Crippen MR) is 94.9 cm³/mol. The second kappa shape index (κ2) is 6.44. The molecule has 0 bridgehead atoms. The summed E-state index contributed by atoms with van der Waals surface area (Å²) in [4.78, 5) is 17.5. The zero-order valence-electron chi connectivity index (χ0n) is 13.2. The minimum atomic E-state index is -0.0359. The molecule has 2 aromatic carbocycles. The van der Waals surface area contributed by atoms with E-state index in [1.165, 1.54) is 10.8 Å². The lowest BCUT2D eigenvalue weighted by molar-refractivity contribution is -0.123. The van der Waals surface area contributed by atoms with Crippen LogP contribution in [0.2, 0.25) is 0 Å². The third kappa shape index (κ3) is 3.29. The summed E-state index contributed by atoms with van der Waals surface area (Å²) >= 11 is 0. The second-order valence-electron chi connectivity index (χ2n) is 5.59. The van der Waals surface area contributed by atoms with Crippen LogP contribution in [0.3, 0.4) is 0 Å². The fourth-order valence-electron chi connectivity index (χ4n) is 2.46. The minimum Gasteiger partial charge on any atom is -0.345 e. The Balaban J connectivity index is 2.03. The zero-order chi connectivity index (χ0) is 16.2. The normalized spacial score (nSPS) is 11.0. The van der Waals surface area contributed by atoms with Crippen LogP contribution in [0.5, 0.6) is 0 Å². The second-order valence-corrected chi connectivity index (χ2v) is 5.59. The van der Waals surface area contributed by atoms with Crippen LogP contribution in [0.4, 0.5) is 0 Å². The van der Waals surface area contributed by atoms with Crippen LogP contribution in [0.15, 0.2) is 67.0 Å². The average molecular weight is 302 g/mol. The molecule has 0 saturated heterocycles. The number of likely N-dealkylation sites (N-methyl/N-ethyl adjacent to an activating group) is 1. The summed E-state index contributed by atoms with van der Waals surface area (Å²) in [5, 5.41) is 2.40. The van der Waals surface area contributed by atoms with Crippen molar-refractivity contribution in [2.45, 2.75) is 0 Å². The number of amides is 1. The van der Waals surface area contributed by atoms with E-state index in [1.807, 2.05) is 30.5 Å². The molecule has 3 heteroatoms. The Kier molecular flexibility index (Phi) is 4.20. The highest BCUT2D eigenvalue weighted by atomic mass is 16.2. The Bertz CT molecular complexity index is 881. The Morgan fingerprint density at radius 1 is 1.04 bits per heavy atom. The van der Waals surface area contributed by atoms with E-state index >= 15 is 0 Å². The lowest BCUT2D eigenvalue weighted by Crippen LogP contribution is -2.18. The van der Waals surface area contributed by atoms with Gasteiger partial charge in [-0.3, -0.25) is 9.78 Å². The van der Waals surface area contributed by atoms with Crippen LogP contribution < -0.4 is 0 Å². The summed E-state index contributed by atoms with van der Waals surface area (Å²) in [7, 11) is 3.48. The van der Waals surface area contributed by atoms with Crippen LogP contribution in [0, 0.1) is 0 Å². The van der Waals surface area contributed by atoms with E-state index in [0.717, 1.165) is 16.7 Å². The van der Waals surface area contributed by atoms with E-state index in [1.54, 1.807) is 31.3 Å². The van der Waals surface area contributed by atoms with Gasteiger partial charge < -0.3 is 4.90 Å². The zero-order valence-corrected chi connectivity index (χ0v) is 13.2. The first-order valence-corrected chi connectivity index (χ1v) is 7.48. The molecule has 0 aliphatic carbocycles. The molecule has 3 rings (SSSR count). The first kappa shape index (κ1) is 15.0. The number of carbonyl (C=O) groups excluding carboxylic acids is 1. The molecule has 0 radical (unpaired) electrons. The topological polar surface area (TPSA) is 33.2 Å². The Morgan fingerprint density at radius 3 is 2.61 bits per heavy atom. The van der Waals surface area contributed by atoms with Crippen molar-refractivity contribution < 1.29 is 4.79 Å². The van der Waals surface area contributed by atoms with Gasteiger partial charge in [-0.15, -0.1) is 0 Å². The van der Waals surface area contributed by atoms with Crippen molar-refractivity contribution in [1.82, 2.24) is 9.88 Å². The maximum Gasteiger partial charge on any atom is 0.246 e. The van der Waals surface area contributed by atoms with E-state index in [0.29, 0.717) is 0 Å². The van der Waals surface area contributed by atoms with Gasteiger partial charge in [0.25, 0.3) is 0 Å². The molecule has 23 heavy (non-hydrogen) atoms. The molecule has 0 aliphatic rings. The average Bonchev–Trinajstić information content (AvgIpc) is 2.59. The fourth-order valence-corrected chi connectivity index (χ4v) is 2.46. The number of aromatic nitrogens is 1. The lowest BCUT2D eigenvalue weighted by Gasteiger charge is -2.08. The summed E-state index contributed by atoms with van der Waals surface area (Å²) in [6, 6.07) is 16.5. The van der Waals surface area contributed by atoms with Gasteiger partial charge in [0.05, 0.1) is 0 Å². The van der Waals surface area contributed by atoms with E-state index < -0.39 is 0 Å². The van der Waals surface area contributed by atoms with Crippen molar-refractivity contribution in [3.8, 4) is 11.1 Å². The number of fused-ring (bicyclic) bond motifs is 1. The third-order valence-electron chi connectivity index (χ3n) is 3.76. The first-order valence-electron chi connectivity index (χ1n) is 7.48. The van der Waals surface area contributed by atoms with Crippen LogP contribution in [0.1, 0.15) is 5.56 Å². The number of carbonyl (C=O) groups is 1. The molecule has 114 valence electrons. The monoisotopic (exact) mass is 302 g/mol. The van der Waals surface area contributed by atoms with Gasteiger partial charge in [0, 0.05) is 38.1 Å². The van der Waals surface area contributed by atoms with Crippen LogP contribution in [0.25, 0.3) is 28.0 Å². The molecule has 0 spiro atoms. The van der Waals surface area contributed by atoms with Crippen molar-refractivity contribution in [1.29, 1.82) is 0 Å². The molecule has 0 fully saturated rings. The molecule has 0 unspecified atom stereocenters. The quantitative estimate of drug-likeness (QED) is 0.685. The predicted octanol–water partition coefficient (Wildman–Crippen LogP) is 4.00. The third-order valence-corrected chi connectivity index (χ3v) is 3.76. The standard InChI is InChI=1S/C20H18N2O/c1-22(2)20(23)10-9-16-11-12-21-14-19(16)18-8-7-15-5-3-4-6-17(15)13-18/h3-14H,1-2H3/b10-9+. The highest BCUT2D eigenvalue weighted by Crippen LogP contribution is 2.27. The van der Waals surface area contributed by atoms with Gasteiger partial charge >= 0.3 is 0 Å². The molecule has 1 heterocycles. The largest absolute Gasteiger partial charge is 0.345 e. The molecule has 0 N–H and O–H groups in total. The highest BCUT2D eigenvalue weighted by molar-refractivity contribution is 5.93. The van der Waals surface area contributed by atoms with E-state index in [9.17, 15) is 4.79 Å². The Morgan fingerprint density at radius 2 is 1.83 bits per heavy atom. The summed E-state index contributed by atoms with van der Waals surface area (Å²) in [6.07, 6.45) is 7.00. The van der Waals surface area contributed by atoms with Crippen molar-refractivity contribution in [2.75, 3.05) is 14.1 Å². The molecule has 3 nitrogen and oxygen atoms in total. The van der Waals surface area contributed by atoms with Gasteiger partial charge in [-0.2, -0.15) is 0 Å². The number of pyridine rings is 1. The fraction of sp³-hybridized carbons (Fsp3) is 0.100. The molecule has 1 aromatic heterocycles. The summed E-state index contributed by atoms with van der Waals surface area (Å²) in [6.45, 7) is 0. The lowest BCUT2D eigenvalue weighted by atomic mass is 9.98. The molecule has 0 saturated carbocycles. The van der Waals surface area contributed by atoms with Crippen LogP contribution >= 0.6 is 0 Å².